The Morgan fingerprint density at radius 3 is 1.22 bits per heavy atom. The Hall–Kier alpha value is 0.840. The SMILES string of the molecule is NP(O)O.OP(O)(O)=S. The van der Waals surface area contributed by atoms with Crippen molar-refractivity contribution >= 4 is 27.1 Å². The van der Waals surface area contributed by atoms with E-state index in [4.69, 9.17) is 24.5 Å². The summed E-state index contributed by atoms with van der Waals surface area (Å²) in [5, 5.41) is 0. The second-order valence-electron chi connectivity index (χ2n) is 0.834. The van der Waals surface area contributed by atoms with Gasteiger partial charge in [-0.25, -0.2) is 0 Å². The summed E-state index contributed by atoms with van der Waals surface area (Å²) in [6.45, 7) is -3.81. The van der Waals surface area contributed by atoms with E-state index in [1.54, 1.807) is 0 Å². The molecule has 0 heterocycles. The largest absolute Gasteiger partial charge is 0.338 e. The summed E-state index contributed by atoms with van der Waals surface area (Å²) in [5.74, 6) is 0. The van der Waals surface area contributed by atoms with Crippen LogP contribution in [0.15, 0.2) is 0 Å². The van der Waals surface area contributed by atoms with Crippen LogP contribution in [0, 0.1) is 0 Å². The quantitative estimate of drug-likeness (QED) is 0.255. The van der Waals surface area contributed by atoms with E-state index in [1.165, 1.54) is 0 Å². The van der Waals surface area contributed by atoms with Gasteiger partial charge in [-0.1, -0.05) is 0 Å². The third kappa shape index (κ3) is 586. The van der Waals surface area contributed by atoms with E-state index in [1.807, 2.05) is 0 Å². The van der Waals surface area contributed by atoms with Crippen molar-refractivity contribution < 1.29 is 24.5 Å². The molecule has 9 heteroatoms. The monoisotopic (exact) mass is 195 g/mol. The van der Waals surface area contributed by atoms with Gasteiger partial charge in [0.05, 0.1) is 0 Å². The van der Waals surface area contributed by atoms with E-state index in [9.17, 15) is 0 Å². The van der Waals surface area contributed by atoms with E-state index >= 15 is 0 Å². The Morgan fingerprint density at radius 1 is 1.22 bits per heavy atom. The van der Waals surface area contributed by atoms with Gasteiger partial charge in [-0.2, -0.15) is 0 Å². The van der Waals surface area contributed by atoms with Gasteiger partial charge in [0.2, 0.25) is 8.53 Å². The predicted octanol–water partition coefficient (Wildman–Crippen LogP) is -1.66. The highest BCUT2D eigenvalue weighted by Crippen LogP contribution is 2.26. The molecule has 7 N–H and O–H groups in total. The fraction of sp³-hybridized carbons (Fsp3) is 0. The second kappa shape index (κ2) is 5.61. The summed E-state index contributed by atoms with van der Waals surface area (Å²) >= 11 is 3.60. The lowest BCUT2D eigenvalue weighted by atomic mass is 13.9. The first-order valence-corrected chi connectivity index (χ1v) is 5.42. The zero-order valence-corrected chi connectivity index (χ0v) is 6.72. The van der Waals surface area contributed by atoms with Gasteiger partial charge in [0, 0.05) is 0 Å². The molecule has 0 aromatic rings. The van der Waals surface area contributed by atoms with E-state index in [0.717, 1.165) is 0 Å². The summed E-state index contributed by atoms with van der Waals surface area (Å²) in [4.78, 5) is 37.6. The Bertz CT molecular complexity index is 86.1. The molecule has 0 aromatic carbocycles. The first-order chi connectivity index (χ1) is 3.73. The number of hydrogen-bond acceptors (Lipinski definition) is 4. The fourth-order valence-electron chi connectivity index (χ4n) is 0. The Labute approximate surface area is 57.8 Å². The van der Waals surface area contributed by atoms with Crippen molar-refractivity contribution in [2.75, 3.05) is 0 Å². The summed E-state index contributed by atoms with van der Waals surface area (Å²) in [6.07, 6.45) is 0. The molecule has 0 unspecified atom stereocenters. The van der Waals surface area contributed by atoms with Crippen molar-refractivity contribution in [3.05, 3.63) is 0 Å². The van der Waals surface area contributed by atoms with Crippen LogP contribution in [0.2, 0.25) is 0 Å². The number of hydrogen-bond donors (Lipinski definition) is 6. The first kappa shape index (κ1) is 12.5. The molecule has 0 atom stereocenters. The van der Waals surface area contributed by atoms with E-state index in [-0.39, 0.29) is 0 Å². The van der Waals surface area contributed by atoms with Gasteiger partial charge >= 0.3 is 6.72 Å². The second-order valence-corrected chi connectivity index (χ2v) is 3.97. The minimum atomic E-state index is -3.81. The van der Waals surface area contributed by atoms with Gasteiger partial charge in [0.25, 0.3) is 0 Å². The molecule has 0 bridgehead atoms. The van der Waals surface area contributed by atoms with Gasteiger partial charge < -0.3 is 24.5 Å². The van der Waals surface area contributed by atoms with Crippen LogP contribution < -0.4 is 5.50 Å². The van der Waals surface area contributed by atoms with Crippen LogP contribution in [-0.2, 0) is 11.8 Å². The molecule has 0 saturated heterocycles. The average molecular weight is 195 g/mol. The molecule has 0 saturated carbocycles. The summed E-state index contributed by atoms with van der Waals surface area (Å²) in [5.41, 5.74) is 4.29. The molecule has 0 aliphatic heterocycles. The minimum Gasteiger partial charge on any atom is -0.338 e. The smallest absolute Gasteiger partial charge is 0.319 e. The molecule has 0 aliphatic rings. The Balaban J connectivity index is 0. The first-order valence-electron chi connectivity index (χ1n) is 1.44. The van der Waals surface area contributed by atoms with E-state index < -0.39 is 15.2 Å². The van der Waals surface area contributed by atoms with Gasteiger partial charge in [-0.05, 0) is 11.8 Å². The van der Waals surface area contributed by atoms with Gasteiger partial charge in [0.1, 0.15) is 0 Å². The molecular weight excluding hydrogens is 188 g/mol. The van der Waals surface area contributed by atoms with E-state index in [0.29, 0.717) is 0 Å². The predicted molar refractivity (Wildman–Crippen MR) is 36.5 cm³/mol. The minimum absolute atomic E-state index is 2.12. The van der Waals surface area contributed by atoms with Crippen LogP contribution >= 0.6 is 15.2 Å². The third-order valence-electron chi connectivity index (χ3n) is 0. The van der Waals surface area contributed by atoms with Gasteiger partial charge in [0.15, 0.2) is 0 Å². The molecule has 0 spiro atoms. The van der Waals surface area contributed by atoms with Crippen molar-refractivity contribution in [2.45, 2.75) is 0 Å². The topological polar surface area (TPSA) is 127 Å². The van der Waals surface area contributed by atoms with Crippen molar-refractivity contribution in [1.29, 1.82) is 0 Å². The lowest BCUT2D eigenvalue weighted by Gasteiger charge is -1.88. The standard InChI is InChI=1S/H4NO2P.H3O3PS/c1-4(2)3;1-4(2,3)5/h2-3H,1H2;(H3,1,2,3,5). The molecule has 0 amide bonds. The highest BCUT2D eigenvalue weighted by atomic mass is 32.5. The summed E-state index contributed by atoms with van der Waals surface area (Å²) in [6, 6.07) is 0. The average Bonchev–Trinajstić information content (AvgIpc) is 1.19. The van der Waals surface area contributed by atoms with Crippen LogP contribution in [0.4, 0.5) is 0 Å². The third-order valence-corrected chi connectivity index (χ3v) is 0. The molecule has 58 valence electrons. The molecular formula is H7NO5P2S. The van der Waals surface area contributed by atoms with Crippen molar-refractivity contribution in [2.24, 2.45) is 5.50 Å². The van der Waals surface area contributed by atoms with E-state index in [2.05, 4.69) is 17.3 Å². The van der Waals surface area contributed by atoms with Crippen LogP contribution in [0.1, 0.15) is 0 Å². The van der Waals surface area contributed by atoms with Crippen LogP contribution in [0.3, 0.4) is 0 Å². The molecule has 0 radical (unpaired) electrons. The van der Waals surface area contributed by atoms with Crippen molar-refractivity contribution in [3.63, 3.8) is 0 Å². The highest BCUT2D eigenvalue weighted by molar-refractivity contribution is 8.06. The fourth-order valence-corrected chi connectivity index (χ4v) is 0. The van der Waals surface area contributed by atoms with Crippen LogP contribution in [0.5, 0.6) is 0 Å². The molecule has 6 nitrogen and oxygen atoms in total. The Morgan fingerprint density at radius 2 is 1.22 bits per heavy atom. The molecule has 0 aliphatic carbocycles. The lowest BCUT2D eigenvalue weighted by Crippen LogP contribution is -1.78. The zero-order chi connectivity index (χ0) is 8.08. The zero-order valence-electron chi connectivity index (χ0n) is 4.12. The summed E-state index contributed by atoms with van der Waals surface area (Å²) < 4.78 is 0. The maximum Gasteiger partial charge on any atom is 0.319 e. The lowest BCUT2D eigenvalue weighted by molar-refractivity contribution is 0.363. The number of rotatable bonds is 0. The summed E-state index contributed by atoms with van der Waals surface area (Å²) in [7, 11) is -2.12. The van der Waals surface area contributed by atoms with Gasteiger partial charge in [-0.15, -0.1) is 0 Å². The Kier molecular flexibility index (Phi) is 7.80. The molecule has 9 heavy (non-hydrogen) atoms. The van der Waals surface area contributed by atoms with Crippen molar-refractivity contribution in [3.8, 4) is 0 Å². The molecule has 0 aromatic heterocycles. The number of nitrogens with two attached hydrogens (primary N) is 1. The molecule has 0 rings (SSSR count). The van der Waals surface area contributed by atoms with Crippen LogP contribution in [0.25, 0.3) is 0 Å². The molecule has 0 fully saturated rings. The van der Waals surface area contributed by atoms with Gasteiger partial charge in [-0.3, -0.25) is 5.50 Å². The maximum atomic E-state index is 7.56. The van der Waals surface area contributed by atoms with Crippen molar-refractivity contribution in [1.82, 2.24) is 0 Å². The highest BCUT2D eigenvalue weighted by Gasteiger charge is 1.92. The van der Waals surface area contributed by atoms with Crippen LogP contribution in [-0.4, -0.2) is 24.5 Å². The normalized spacial score (nSPS) is 10.6. The maximum absolute atomic E-state index is 7.56.